The highest BCUT2D eigenvalue weighted by Gasteiger charge is 2.29. The number of likely N-dealkylation sites (tertiary alicyclic amines) is 1. The number of aliphatic hydroxyl groups is 1. The fraction of sp³-hybridized carbons (Fsp3) is 0.464. The van der Waals surface area contributed by atoms with Crippen molar-refractivity contribution < 1.29 is 44.3 Å². The van der Waals surface area contributed by atoms with Crippen LogP contribution in [0.3, 0.4) is 0 Å². The number of nitrogens with one attached hydrogen (secondary N) is 1. The van der Waals surface area contributed by atoms with Crippen LogP contribution in [0.5, 0.6) is 11.5 Å². The van der Waals surface area contributed by atoms with Crippen LogP contribution >= 0.6 is 0 Å². The van der Waals surface area contributed by atoms with E-state index in [4.69, 9.17) is 29.0 Å². The van der Waals surface area contributed by atoms with Crippen LogP contribution in [-0.4, -0.2) is 78.0 Å². The number of fused-ring (bicyclic) bond motifs is 2. The van der Waals surface area contributed by atoms with E-state index < -0.39 is 6.10 Å². The van der Waals surface area contributed by atoms with E-state index in [1.54, 1.807) is 0 Å². The van der Waals surface area contributed by atoms with E-state index in [-0.39, 0.29) is 30.0 Å². The van der Waals surface area contributed by atoms with Crippen molar-refractivity contribution in [2.45, 2.75) is 44.2 Å². The van der Waals surface area contributed by atoms with Crippen LogP contribution < -0.4 is 14.8 Å². The standard InChI is InChI=1S/C26H32N2O4.CH2O2.CO2.H2O/c29-25(15-18-13-19-5-1-2-6-20(19)14-18)27-22(17-28-9-3-4-10-28)26(30)21-7-8-23-24(16-21)32-12-11-31-23;2*2-1-3;/h1-2,5-8,16,18,22,26,30H,3-4,9-15,17H2,(H,27,29);1H,(H,2,3);;1H2/t22-,26-;;;/m1.../s1. The molecular weight excluding hydrogens is 508 g/mol. The number of benzene rings is 2. The van der Waals surface area contributed by atoms with Crippen LogP contribution in [0, 0.1) is 5.92 Å². The van der Waals surface area contributed by atoms with Gasteiger partial charge >= 0.3 is 6.15 Å². The van der Waals surface area contributed by atoms with Crippen molar-refractivity contribution in [1.82, 2.24) is 10.2 Å². The summed E-state index contributed by atoms with van der Waals surface area (Å²) in [5, 5.41) is 21.3. The molecule has 2 atom stereocenters. The van der Waals surface area contributed by atoms with Gasteiger partial charge in [0, 0.05) is 13.0 Å². The van der Waals surface area contributed by atoms with Crippen LogP contribution in [0.1, 0.15) is 42.1 Å². The highest BCUT2D eigenvalue weighted by Crippen LogP contribution is 2.34. The highest BCUT2D eigenvalue weighted by molar-refractivity contribution is 5.77. The molecule has 39 heavy (non-hydrogen) atoms. The second-order valence-electron chi connectivity index (χ2n) is 9.47. The van der Waals surface area contributed by atoms with Gasteiger partial charge in [0.05, 0.1) is 6.04 Å². The lowest BCUT2D eigenvalue weighted by atomic mass is 9.98. The number of ether oxygens (including phenoxy) is 2. The van der Waals surface area contributed by atoms with Gasteiger partial charge in [-0.15, -0.1) is 0 Å². The summed E-state index contributed by atoms with van der Waals surface area (Å²) >= 11 is 0. The monoisotopic (exact) mass is 544 g/mol. The predicted octanol–water partition coefficient (Wildman–Crippen LogP) is 1.17. The molecule has 11 heteroatoms. The fourth-order valence-electron chi connectivity index (χ4n) is 5.27. The summed E-state index contributed by atoms with van der Waals surface area (Å²) in [5.74, 6) is 1.70. The molecule has 3 aliphatic rings. The number of carbonyl (C=O) groups excluding carboxylic acids is 3. The van der Waals surface area contributed by atoms with Gasteiger partial charge in [0.1, 0.15) is 19.3 Å². The number of hydrogen-bond donors (Lipinski definition) is 3. The van der Waals surface area contributed by atoms with Crippen LogP contribution in [0.4, 0.5) is 0 Å². The smallest absolute Gasteiger partial charge is 0.373 e. The van der Waals surface area contributed by atoms with Crippen molar-refractivity contribution in [1.29, 1.82) is 0 Å². The van der Waals surface area contributed by atoms with Crippen LogP contribution in [0.15, 0.2) is 42.5 Å². The number of carbonyl (C=O) groups is 2. The molecule has 5 rings (SSSR count). The third kappa shape index (κ3) is 9.19. The number of aliphatic hydroxyl groups excluding tert-OH is 1. The van der Waals surface area contributed by atoms with Crippen molar-refractivity contribution in [3.05, 3.63) is 59.2 Å². The lowest BCUT2D eigenvalue weighted by Crippen LogP contribution is -2.47. The van der Waals surface area contributed by atoms with E-state index in [1.165, 1.54) is 24.0 Å². The molecule has 2 heterocycles. The molecule has 1 saturated heterocycles. The molecule has 1 fully saturated rings. The van der Waals surface area contributed by atoms with Crippen molar-refractivity contribution in [2.75, 3.05) is 32.8 Å². The minimum Gasteiger partial charge on any atom is -0.486 e. The average Bonchev–Trinajstić information content (AvgIpc) is 3.58. The Morgan fingerprint density at radius 1 is 1.05 bits per heavy atom. The molecule has 0 saturated carbocycles. The first kappa shape index (κ1) is 31.5. The summed E-state index contributed by atoms with van der Waals surface area (Å²) in [5.41, 5.74) is 3.46. The summed E-state index contributed by atoms with van der Waals surface area (Å²) in [6.45, 7) is 3.46. The van der Waals surface area contributed by atoms with Crippen LogP contribution in [0.25, 0.3) is 0 Å². The van der Waals surface area contributed by atoms with Crippen molar-refractivity contribution in [3.63, 3.8) is 0 Å². The molecule has 11 nitrogen and oxygen atoms in total. The highest BCUT2D eigenvalue weighted by atomic mass is 16.6. The Morgan fingerprint density at radius 2 is 1.62 bits per heavy atom. The second-order valence-corrected chi connectivity index (χ2v) is 9.47. The Kier molecular flexibility index (Phi) is 13.1. The number of carboxylic acid groups (broad SMARTS) is 1. The summed E-state index contributed by atoms with van der Waals surface area (Å²) < 4.78 is 11.3. The van der Waals surface area contributed by atoms with Crippen molar-refractivity contribution >= 4 is 18.5 Å². The maximum Gasteiger partial charge on any atom is 0.373 e. The molecular formula is C28H36N2O9. The van der Waals surface area contributed by atoms with Crippen molar-refractivity contribution in [2.24, 2.45) is 5.92 Å². The zero-order valence-corrected chi connectivity index (χ0v) is 21.7. The summed E-state index contributed by atoms with van der Waals surface area (Å²) in [6.07, 6.45) is 4.16. The van der Waals surface area contributed by atoms with Gasteiger partial charge in [0.25, 0.3) is 6.47 Å². The molecule has 2 aromatic carbocycles. The lowest BCUT2D eigenvalue weighted by molar-refractivity contribution is -0.191. The van der Waals surface area contributed by atoms with Crippen molar-refractivity contribution in [3.8, 4) is 11.5 Å². The third-order valence-corrected chi connectivity index (χ3v) is 6.90. The summed E-state index contributed by atoms with van der Waals surface area (Å²) in [7, 11) is 0. The average molecular weight is 545 g/mol. The maximum absolute atomic E-state index is 13.0. The molecule has 1 aliphatic carbocycles. The Morgan fingerprint density at radius 3 is 2.21 bits per heavy atom. The first-order chi connectivity index (χ1) is 18.5. The Balaban J connectivity index is 0.000000701. The van der Waals surface area contributed by atoms with Crippen LogP contribution in [0.2, 0.25) is 0 Å². The number of hydrogen-bond acceptors (Lipinski definition) is 8. The quantitative estimate of drug-likeness (QED) is 0.432. The SMILES string of the molecule is O.O=C(CC1Cc2ccccc2C1)N[C@H](CN1CCCC1)[C@H](O)c1ccc2c(c1)OCCO2.O=C=O.O=CO. The fourth-order valence-corrected chi connectivity index (χ4v) is 5.27. The molecule has 0 aromatic heterocycles. The van der Waals surface area contributed by atoms with E-state index >= 15 is 0 Å². The number of nitrogens with zero attached hydrogens (tertiary/aromatic N) is 1. The normalized spacial score (nSPS) is 16.9. The van der Waals surface area contributed by atoms with Gasteiger partial charge in [-0.1, -0.05) is 30.3 Å². The molecule has 0 unspecified atom stereocenters. The molecule has 5 N–H and O–H groups in total. The van der Waals surface area contributed by atoms with E-state index in [2.05, 4.69) is 34.5 Å². The second kappa shape index (κ2) is 16.3. The van der Waals surface area contributed by atoms with Gasteiger partial charge < -0.3 is 35.4 Å². The molecule has 1 amide bonds. The van der Waals surface area contributed by atoms with Gasteiger partial charge in [0.15, 0.2) is 11.5 Å². The molecule has 0 spiro atoms. The van der Waals surface area contributed by atoms with E-state index in [1.807, 2.05) is 18.2 Å². The van der Waals surface area contributed by atoms with Gasteiger partial charge in [-0.3, -0.25) is 9.59 Å². The zero-order chi connectivity index (χ0) is 27.3. The van der Waals surface area contributed by atoms with E-state index in [9.17, 15) is 9.90 Å². The molecule has 212 valence electrons. The Bertz CT molecular complexity index is 1070. The summed E-state index contributed by atoms with van der Waals surface area (Å²) in [4.78, 5) is 40.0. The minimum atomic E-state index is -0.809. The Hall–Kier alpha value is -3.76. The van der Waals surface area contributed by atoms with Gasteiger partial charge in [-0.25, -0.2) is 0 Å². The first-order valence-corrected chi connectivity index (χ1v) is 12.7. The van der Waals surface area contributed by atoms with E-state index in [0.29, 0.717) is 43.6 Å². The Labute approximate surface area is 227 Å². The van der Waals surface area contributed by atoms with Gasteiger partial charge in [-0.2, -0.15) is 9.59 Å². The van der Waals surface area contributed by atoms with Gasteiger partial charge in [0.2, 0.25) is 5.91 Å². The molecule has 2 aliphatic heterocycles. The predicted molar refractivity (Wildman–Crippen MR) is 139 cm³/mol. The zero-order valence-electron chi connectivity index (χ0n) is 21.7. The molecule has 0 bridgehead atoms. The molecule has 2 aromatic rings. The lowest BCUT2D eigenvalue weighted by Gasteiger charge is -2.29. The number of rotatable bonds is 7. The largest absolute Gasteiger partial charge is 0.486 e. The third-order valence-electron chi connectivity index (χ3n) is 6.90. The maximum atomic E-state index is 13.0. The van der Waals surface area contributed by atoms with Gasteiger partial charge in [-0.05, 0) is 73.5 Å². The molecule has 0 radical (unpaired) electrons. The van der Waals surface area contributed by atoms with Crippen LogP contribution in [-0.2, 0) is 32.0 Å². The minimum absolute atomic E-state index is 0. The first-order valence-electron chi connectivity index (χ1n) is 12.7. The summed E-state index contributed by atoms with van der Waals surface area (Å²) in [6, 6.07) is 13.6. The topological polar surface area (TPSA) is 174 Å². The number of amides is 1. The van der Waals surface area contributed by atoms with E-state index in [0.717, 1.165) is 31.5 Å².